The van der Waals surface area contributed by atoms with E-state index in [-0.39, 0.29) is 0 Å². The van der Waals surface area contributed by atoms with Crippen molar-refractivity contribution < 1.29 is 9.59 Å². The molecule has 2 rings (SSSR count). The average Bonchev–Trinajstić information content (AvgIpc) is 2.26. The normalized spacial score (nSPS) is 18.6. The fraction of sp³-hybridized carbons (Fsp3) is 0.273. The summed E-state index contributed by atoms with van der Waals surface area (Å²) in [5, 5.41) is 5.43. The van der Waals surface area contributed by atoms with Gasteiger partial charge in [0.1, 0.15) is 13.5 Å². The largest absolute Gasteiger partial charge is 0.327 e. The number of hydrogen-bond donors (Lipinski definition) is 2. The van der Waals surface area contributed by atoms with E-state index >= 15 is 0 Å². The molecular formula is C11H12BN3O2. The van der Waals surface area contributed by atoms with Crippen LogP contribution in [0.5, 0.6) is 0 Å². The Labute approximate surface area is 101 Å². The maximum atomic E-state index is 11.6. The third kappa shape index (κ3) is 1.98. The van der Waals surface area contributed by atoms with Gasteiger partial charge in [-0.2, -0.15) is 0 Å². The molecule has 86 valence electrons. The van der Waals surface area contributed by atoms with Gasteiger partial charge >= 0.3 is 12.1 Å². The summed E-state index contributed by atoms with van der Waals surface area (Å²) >= 11 is 0. The summed E-state index contributed by atoms with van der Waals surface area (Å²) in [6.07, 6.45) is 0. The van der Waals surface area contributed by atoms with Gasteiger partial charge in [-0.3, -0.25) is 0 Å². The lowest BCUT2D eigenvalue weighted by atomic mass is 9.90. The quantitative estimate of drug-likeness (QED) is 0.666. The Kier molecular flexibility index (Phi) is 2.57. The van der Waals surface area contributed by atoms with Crippen LogP contribution in [0.3, 0.4) is 0 Å². The standard InChI is InChI=1S/C11H12BN3O2/c1-11(7-4-3-5-8(12)6-7)13-9(16)15(2)10(17)14-11/h3-6H,1-2H3,(H,13,16)(H,14,17). The molecule has 0 aliphatic carbocycles. The molecule has 2 N–H and O–H groups in total. The van der Waals surface area contributed by atoms with Crippen molar-refractivity contribution in [3.05, 3.63) is 29.8 Å². The van der Waals surface area contributed by atoms with Crippen molar-refractivity contribution >= 4 is 25.4 Å². The van der Waals surface area contributed by atoms with E-state index in [4.69, 9.17) is 7.85 Å². The molecule has 1 aliphatic rings. The van der Waals surface area contributed by atoms with Crippen LogP contribution >= 0.6 is 0 Å². The number of carbonyl (C=O) groups excluding carboxylic acids is 2. The second-order valence-corrected chi connectivity index (χ2v) is 4.17. The summed E-state index contributed by atoms with van der Waals surface area (Å²) in [6, 6.07) is 6.13. The van der Waals surface area contributed by atoms with Crippen LogP contribution in [0.2, 0.25) is 0 Å². The molecule has 0 unspecified atom stereocenters. The molecule has 0 bridgehead atoms. The molecule has 1 heterocycles. The van der Waals surface area contributed by atoms with Crippen LogP contribution in [-0.4, -0.2) is 31.9 Å². The van der Waals surface area contributed by atoms with Crippen LogP contribution < -0.4 is 16.1 Å². The molecule has 1 aromatic carbocycles. The molecule has 6 heteroatoms. The van der Waals surface area contributed by atoms with Gasteiger partial charge in [0.25, 0.3) is 0 Å². The van der Waals surface area contributed by atoms with Crippen molar-refractivity contribution in [2.75, 3.05) is 7.05 Å². The Hall–Kier alpha value is -1.98. The first-order valence-electron chi connectivity index (χ1n) is 5.16. The van der Waals surface area contributed by atoms with Crippen molar-refractivity contribution in [1.29, 1.82) is 0 Å². The highest BCUT2D eigenvalue weighted by molar-refractivity contribution is 6.32. The highest BCUT2D eigenvalue weighted by Gasteiger charge is 2.38. The summed E-state index contributed by atoms with van der Waals surface area (Å²) in [4.78, 5) is 24.2. The number of nitrogens with zero attached hydrogens (tertiary/aromatic N) is 1. The molecule has 0 aromatic heterocycles. The van der Waals surface area contributed by atoms with Gasteiger partial charge in [-0.25, -0.2) is 14.5 Å². The Morgan fingerprint density at radius 1 is 1.24 bits per heavy atom. The smallest absolute Gasteiger partial charge is 0.311 e. The lowest BCUT2D eigenvalue weighted by Crippen LogP contribution is -2.67. The molecule has 5 nitrogen and oxygen atoms in total. The van der Waals surface area contributed by atoms with Crippen LogP contribution in [0.25, 0.3) is 0 Å². The fourth-order valence-corrected chi connectivity index (χ4v) is 1.71. The second-order valence-electron chi connectivity index (χ2n) is 4.17. The molecule has 1 aliphatic heterocycles. The predicted molar refractivity (Wildman–Crippen MR) is 64.0 cm³/mol. The van der Waals surface area contributed by atoms with Crippen molar-refractivity contribution in [2.24, 2.45) is 0 Å². The van der Waals surface area contributed by atoms with Crippen molar-refractivity contribution in [2.45, 2.75) is 12.6 Å². The number of amides is 4. The van der Waals surface area contributed by atoms with E-state index in [1.165, 1.54) is 7.05 Å². The summed E-state index contributed by atoms with van der Waals surface area (Å²) in [6.45, 7) is 1.71. The van der Waals surface area contributed by atoms with Crippen molar-refractivity contribution in [3.8, 4) is 0 Å². The van der Waals surface area contributed by atoms with Crippen LogP contribution in [0.1, 0.15) is 12.5 Å². The van der Waals surface area contributed by atoms with E-state index in [0.29, 0.717) is 5.46 Å². The highest BCUT2D eigenvalue weighted by Crippen LogP contribution is 2.19. The van der Waals surface area contributed by atoms with Gasteiger partial charge in [0.15, 0.2) is 0 Å². The number of imide groups is 1. The van der Waals surface area contributed by atoms with E-state index in [9.17, 15) is 9.59 Å². The van der Waals surface area contributed by atoms with Gasteiger partial charge in [0.05, 0.1) is 0 Å². The summed E-state index contributed by atoms with van der Waals surface area (Å²) in [5.41, 5.74) is 0.370. The maximum Gasteiger partial charge on any atom is 0.327 e. The van der Waals surface area contributed by atoms with Crippen molar-refractivity contribution in [3.63, 3.8) is 0 Å². The number of carbonyl (C=O) groups is 2. The SMILES string of the molecule is [B]c1cccc(C2(C)NC(=O)N(C)C(=O)N2)c1. The molecular weight excluding hydrogens is 217 g/mol. The highest BCUT2D eigenvalue weighted by atomic mass is 16.2. The van der Waals surface area contributed by atoms with E-state index in [2.05, 4.69) is 10.6 Å². The van der Waals surface area contributed by atoms with Gasteiger partial charge in [-0.05, 0) is 12.5 Å². The van der Waals surface area contributed by atoms with Crippen molar-refractivity contribution in [1.82, 2.24) is 15.5 Å². The fourth-order valence-electron chi connectivity index (χ4n) is 1.71. The average molecular weight is 229 g/mol. The van der Waals surface area contributed by atoms with E-state index < -0.39 is 17.7 Å². The topological polar surface area (TPSA) is 61.4 Å². The molecule has 4 amide bonds. The number of rotatable bonds is 1. The van der Waals surface area contributed by atoms with Gasteiger partial charge < -0.3 is 10.6 Å². The van der Waals surface area contributed by atoms with Crippen LogP contribution in [0.15, 0.2) is 24.3 Å². The molecule has 0 saturated carbocycles. The molecule has 17 heavy (non-hydrogen) atoms. The zero-order valence-corrected chi connectivity index (χ0v) is 9.65. The second kappa shape index (κ2) is 3.80. The van der Waals surface area contributed by atoms with Crippen LogP contribution in [0.4, 0.5) is 9.59 Å². The number of urea groups is 2. The zero-order chi connectivity index (χ0) is 12.6. The lowest BCUT2D eigenvalue weighted by molar-refractivity contribution is 0.152. The predicted octanol–water partition coefficient (Wildman–Crippen LogP) is 0.0177. The van der Waals surface area contributed by atoms with Crippen LogP contribution in [-0.2, 0) is 5.66 Å². The summed E-state index contributed by atoms with van der Waals surface area (Å²) in [7, 11) is 7.09. The maximum absolute atomic E-state index is 11.6. The first kappa shape index (κ1) is 11.5. The first-order valence-corrected chi connectivity index (χ1v) is 5.16. The minimum Gasteiger partial charge on any atom is -0.311 e. The third-order valence-electron chi connectivity index (χ3n) is 2.79. The molecule has 2 radical (unpaired) electrons. The molecule has 1 saturated heterocycles. The van der Waals surface area contributed by atoms with Gasteiger partial charge in [0, 0.05) is 7.05 Å². The Bertz CT molecular complexity index is 471. The Balaban J connectivity index is 2.37. The van der Waals surface area contributed by atoms with Gasteiger partial charge in [0.2, 0.25) is 0 Å². The summed E-state index contributed by atoms with van der Waals surface area (Å²) < 4.78 is 0. The number of benzene rings is 1. The number of nitrogens with one attached hydrogen (secondary N) is 2. The third-order valence-corrected chi connectivity index (χ3v) is 2.79. The van der Waals surface area contributed by atoms with E-state index in [1.54, 1.807) is 31.2 Å². The molecule has 1 aromatic rings. The monoisotopic (exact) mass is 229 g/mol. The van der Waals surface area contributed by atoms with E-state index in [1.807, 2.05) is 0 Å². The Morgan fingerprint density at radius 3 is 2.35 bits per heavy atom. The lowest BCUT2D eigenvalue weighted by Gasteiger charge is -2.39. The summed E-state index contributed by atoms with van der Waals surface area (Å²) in [5.74, 6) is 0. The van der Waals surface area contributed by atoms with E-state index in [0.717, 1.165) is 10.5 Å². The number of hydrogen-bond acceptors (Lipinski definition) is 2. The minimum absolute atomic E-state index is 0.446. The minimum atomic E-state index is -0.934. The molecule has 0 atom stereocenters. The first-order chi connectivity index (χ1) is 7.92. The molecule has 1 fully saturated rings. The van der Waals surface area contributed by atoms with Gasteiger partial charge in [-0.1, -0.05) is 29.7 Å². The van der Waals surface area contributed by atoms with Crippen LogP contribution in [0, 0.1) is 0 Å². The van der Waals surface area contributed by atoms with Gasteiger partial charge in [-0.15, -0.1) is 0 Å². The molecule has 0 spiro atoms. The zero-order valence-electron chi connectivity index (χ0n) is 9.65. The Morgan fingerprint density at radius 2 is 1.82 bits per heavy atom.